The van der Waals surface area contributed by atoms with Gasteiger partial charge in [-0.05, 0) is 30.0 Å². The number of nitrogens with two attached hydrogens (primary N) is 1. The summed E-state index contributed by atoms with van der Waals surface area (Å²) in [4.78, 5) is 2.45. The second kappa shape index (κ2) is 8.60. The quantitative estimate of drug-likeness (QED) is 0.801. The fourth-order valence-electron chi connectivity index (χ4n) is 2.62. The van der Waals surface area contributed by atoms with Crippen molar-refractivity contribution in [3.63, 3.8) is 0 Å². The summed E-state index contributed by atoms with van der Waals surface area (Å²) in [6.45, 7) is 6.04. The molecule has 0 aliphatic carbocycles. The number of rotatable bonds is 8. The molecule has 2 rings (SSSR count). The van der Waals surface area contributed by atoms with Crippen molar-refractivity contribution in [3.8, 4) is 0 Å². The van der Waals surface area contributed by atoms with Crippen molar-refractivity contribution >= 4 is 0 Å². The maximum atomic E-state index is 5.76. The fourth-order valence-corrected chi connectivity index (χ4v) is 2.62. The van der Waals surface area contributed by atoms with E-state index in [1.807, 2.05) is 0 Å². The molecule has 2 N–H and O–H groups in total. The molecule has 0 fully saturated rings. The van der Waals surface area contributed by atoms with Gasteiger partial charge in [-0.25, -0.2) is 0 Å². The van der Waals surface area contributed by atoms with Gasteiger partial charge in [-0.15, -0.1) is 0 Å². The minimum absolute atomic E-state index is 0.585. The third kappa shape index (κ3) is 5.33. The lowest BCUT2D eigenvalue weighted by Gasteiger charge is -2.23. The van der Waals surface area contributed by atoms with E-state index in [1.54, 1.807) is 0 Å². The van der Waals surface area contributed by atoms with E-state index in [4.69, 9.17) is 5.73 Å². The first kappa shape index (κ1) is 15.7. The van der Waals surface area contributed by atoms with Crippen molar-refractivity contribution in [2.24, 2.45) is 5.73 Å². The first-order valence-electron chi connectivity index (χ1n) is 7.81. The van der Waals surface area contributed by atoms with Crippen LogP contribution in [0.2, 0.25) is 0 Å². The minimum Gasteiger partial charge on any atom is -0.329 e. The highest BCUT2D eigenvalue weighted by molar-refractivity contribution is 5.18. The van der Waals surface area contributed by atoms with Crippen LogP contribution >= 0.6 is 0 Å². The van der Waals surface area contributed by atoms with Crippen molar-refractivity contribution in [2.75, 3.05) is 19.6 Å². The summed E-state index contributed by atoms with van der Waals surface area (Å²) < 4.78 is 0. The lowest BCUT2D eigenvalue weighted by molar-refractivity contribution is 0.263. The Kier molecular flexibility index (Phi) is 6.45. The molecule has 0 aromatic heterocycles. The summed E-state index contributed by atoms with van der Waals surface area (Å²) in [6.07, 6.45) is 1.16. The summed E-state index contributed by atoms with van der Waals surface area (Å²) in [5, 5.41) is 0. The molecule has 0 bridgehead atoms. The van der Waals surface area contributed by atoms with E-state index in [0.29, 0.717) is 12.5 Å². The third-order valence-electron chi connectivity index (χ3n) is 3.94. The van der Waals surface area contributed by atoms with Crippen LogP contribution in [0, 0.1) is 0 Å². The highest BCUT2D eigenvalue weighted by Gasteiger charge is 2.09. The van der Waals surface area contributed by atoms with E-state index >= 15 is 0 Å². The monoisotopic (exact) mass is 282 g/mol. The lowest BCUT2D eigenvalue weighted by Crippen LogP contribution is -2.30. The molecule has 0 radical (unpaired) electrons. The van der Waals surface area contributed by atoms with E-state index < -0.39 is 0 Å². The molecule has 1 atom stereocenters. The molecule has 2 aromatic rings. The molecule has 0 saturated carbocycles. The predicted molar refractivity (Wildman–Crippen MR) is 90.2 cm³/mol. The fraction of sp³-hybridized carbons (Fsp3) is 0.368. The van der Waals surface area contributed by atoms with Gasteiger partial charge in [-0.3, -0.25) is 4.90 Å². The molecule has 2 nitrogen and oxygen atoms in total. The molecule has 2 heteroatoms. The summed E-state index contributed by atoms with van der Waals surface area (Å²) >= 11 is 0. The minimum atomic E-state index is 0.585. The highest BCUT2D eigenvalue weighted by atomic mass is 15.1. The van der Waals surface area contributed by atoms with Gasteiger partial charge in [0.05, 0.1) is 0 Å². The first-order chi connectivity index (χ1) is 10.3. The van der Waals surface area contributed by atoms with Crippen LogP contribution in [0.25, 0.3) is 0 Å². The maximum Gasteiger partial charge on any atom is 0.0234 e. The predicted octanol–water partition coefficient (Wildman–Crippen LogP) is 3.64. The normalized spacial score (nSPS) is 12.5. The van der Waals surface area contributed by atoms with Crippen LogP contribution < -0.4 is 5.73 Å². The van der Waals surface area contributed by atoms with Crippen LogP contribution in [0.3, 0.4) is 0 Å². The van der Waals surface area contributed by atoms with Gasteiger partial charge in [0.15, 0.2) is 0 Å². The summed E-state index contributed by atoms with van der Waals surface area (Å²) in [5.41, 5.74) is 8.54. The van der Waals surface area contributed by atoms with Crippen molar-refractivity contribution in [1.29, 1.82) is 0 Å². The number of nitrogens with zero attached hydrogens (tertiary/aromatic N) is 1. The standard InChI is InChI=1S/C19H26N2/c1-17(19-10-6-3-7-11-19)12-14-21(15-13-20)16-18-8-4-2-5-9-18/h2-11,17H,12-16,20H2,1H3. The Balaban J connectivity index is 1.88. The van der Waals surface area contributed by atoms with E-state index in [1.165, 1.54) is 11.1 Å². The molecule has 0 heterocycles. The number of hydrogen-bond acceptors (Lipinski definition) is 2. The molecular weight excluding hydrogens is 256 g/mol. The first-order valence-corrected chi connectivity index (χ1v) is 7.81. The Morgan fingerprint density at radius 3 is 2.14 bits per heavy atom. The number of hydrogen-bond donors (Lipinski definition) is 1. The van der Waals surface area contributed by atoms with Gasteiger partial charge in [-0.1, -0.05) is 67.6 Å². The van der Waals surface area contributed by atoms with Crippen LogP contribution in [0.1, 0.15) is 30.4 Å². The van der Waals surface area contributed by atoms with Crippen molar-refractivity contribution in [2.45, 2.75) is 25.8 Å². The van der Waals surface area contributed by atoms with Crippen LogP contribution in [0.5, 0.6) is 0 Å². The molecule has 0 amide bonds. The SMILES string of the molecule is CC(CCN(CCN)Cc1ccccc1)c1ccccc1. The Labute approximate surface area is 128 Å². The van der Waals surface area contributed by atoms with Crippen LogP contribution in [-0.2, 0) is 6.54 Å². The molecule has 112 valence electrons. The summed E-state index contributed by atoms with van der Waals surface area (Å²) in [7, 11) is 0. The van der Waals surface area contributed by atoms with Gasteiger partial charge in [0.2, 0.25) is 0 Å². The Morgan fingerprint density at radius 2 is 1.52 bits per heavy atom. The van der Waals surface area contributed by atoms with Crippen molar-refractivity contribution < 1.29 is 0 Å². The number of benzene rings is 2. The Morgan fingerprint density at radius 1 is 0.905 bits per heavy atom. The zero-order valence-corrected chi connectivity index (χ0v) is 12.9. The van der Waals surface area contributed by atoms with Gasteiger partial charge < -0.3 is 5.73 Å². The van der Waals surface area contributed by atoms with Crippen molar-refractivity contribution in [1.82, 2.24) is 4.90 Å². The van der Waals surface area contributed by atoms with Gasteiger partial charge in [-0.2, -0.15) is 0 Å². The van der Waals surface area contributed by atoms with E-state index in [9.17, 15) is 0 Å². The average Bonchev–Trinajstić information content (AvgIpc) is 2.54. The van der Waals surface area contributed by atoms with Crippen molar-refractivity contribution in [3.05, 3.63) is 71.8 Å². The second-order valence-corrected chi connectivity index (χ2v) is 5.65. The Hall–Kier alpha value is -1.64. The molecule has 0 spiro atoms. The average molecular weight is 282 g/mol. The highest BCUT2D eigenvalue weighted by Crippen LogP contribution is 2.19. The molecule has 0 saturated heterocycles. The van der Waals surface area contributed by atoms with Gasteiger partial charge >= 0.3 is 0 Å². The van der Waals surface area contributed by atoms with Crippen LogP contribution in [-0.4, -0.2) is 24.5 Å². The Bertz CT molecular complexity index is 495. The molecule has 21 heavy (non-hydrogen) atoms. The van der Waals surface area contributed by atoms with Gasteiger partial charge in [0.25, 0.3) is 0 Å². The largest absolute Gasteiger partial charge is 0.329 e. The van der Waals surface area contributed by atoms with E-state index in [-0.39, 0.29) is 0 Å². The van der Waals surface area contributed by atoms with Gasteiger partial charge in [0.1, 0.15) is 0 Å². The zero-order valence-electron chi connectivity index (χ0n) is 12.9. The molecule has 1 unspecified atom stereocenters. The molecular formula is C19H26N2. The third-order valence-corrected chi connectivity index (χ3v) is 3.94. The molecule has 2 aromatic carbocycles. The van der Waals surface area contributed by atoms with Gasteiger partial charge in [0, 0.05) is 19.6 Å². The zero-order chi connectivity index (χ0) is 14.9. The summed E-state index contributed by atoms with van der Waals surface area (Å²) in [6, 6.07) is 21.4. The summed E-state index contributed by atoms with van der Waals surface area (Å²) in [5.74, 6) is 0.585. The topological polar surface area (TPSA) is 29.3 Å². The second-order valence-electron chi connectivity index (χ2n) is 5.65. The van der Waals surface area contributed by atoms with Crippen LogP contribution in [0.15, 0.2) is 60.7 Å². The van der Waals surface area contributed by atoms with E-state index in [0.717, 1.165) is 26.1 Å². The molecule has 0 aliphatic heterocycles. The lowest BCUT2D eigenvalue weighted by atomic mass is 9.97. The maximum absolute atomic E-state index is 5.76. The smallest absolute Gasteiger partial charge is 0.0234 e. The molecule has 0 aliphatic rings. The van der Waals surface area contributed by atoms with Crippen LogP contribution in [0.4, 0.5) is 0 Å². The van der Waals surface area contributed by atoms with E-state index in [2.05, 4.69) is 72.5 Å².